The van der Waals surface area contributed by atoms with Crippen molar-refractivity contribution < 1.29 is 15.0 Å². The van der Waals surface area contributed by atoms with Gasteiger partial charge in [0.2, 0.25) is 11.5 Å². The molecule has 1 unspecified atom stereocenters. The Morgan fingerprint density at radius 2 is 1.81 bits per heavy atom. The summed E-state index contributed by atoms with van der Waals surface area (Å²) in [6.07, 6.45) is 2.23. The summed E-state index contributed by atoms with van der Waals surface area (Å²) in [5, 5.41) is 26.9. The number of aromatic amines is 1. The van der Waals surface area contributed by atoms with E-state index >= 15 is 0 Å². The number of rotatable bonds is 10. The molecule has 3 rings (SSSR count). The first kappa shape index (κ1) is 23.5. The Kier molecular flexibility index (Phi) is 8.03. The zero-order valence-electron chi connectivity index (χ0n) is 18.5. The molecule has 3 aromatic rings. The number of fused-ring (bicyclic) bond motifs is 1. The SMILES string of the molecule is CC(C)CC(=O)Nc1ccc(CCCNC(CO)c2ccc(O)c3[nH]c(=O)ccc23)cc1. The summed E-state index contributed by atoms with van der Waals surface area (Å²) in [4.78, 5) is 26.1. The quantitative estimate of drug-likeness (QED) is 0.312. The number of aromatic hydroxyl groups is 1. The topological polar surface area (TPSA) is 114 Å². The Bertz CT molecular complexity index is 1110. The predicted octanol–water partition coefficient (Wildman–Crippen LogP) is 3.47. The van der Waals surface area contributed by atoms with Gasteiger partial charge in [-0.2, -0.15) is 0 Å². The maximum atomic E-state index is 11.9. The van der Waals surface area contributed by atoms with Gasteiger partial charge in [0.25, 0.3) is 0 Å². The highest BCUT2D eigenvalue weighted by Crippen LogP contribution is 2.28. The van der Waals surface area contributed by atoms with E-state index in [1.807, 2.05) is 38.1 Å². The second-order valence-electron chi connectivity index (χ2n) is 8.42. The minimum absolute atomic E-state index is 0.00184. The Morgan fingerprint density at radius 3 is 2.50 bits per heavy atom. The average Bonchev–Trinajstić information content (AvgIpc) is 2.75. The highest BCUT2D eigenvalue weighted by atomic mass is 16.3. The van der Waals surface area contributed by atoms with E-state index in [2.05, 4.69) is 15.6 Å². The Hall–Kier alpha value is -3.16. The largest absolute Gasteiger partial charge is 0.506 e. The fraction of sp³-hybridized carbons (Fsp3) is 0.360. The lowest BCUT2D eigenvalue weighted by Gasteiger charge is -2.19. The van der Waals surface area contributed by atoms with Gasteiger partial charge in [0.1, 0.15) is 5.75 Å². The first-order valence-electron chi connectivity index (χ1n) is 11.0. The summed E-state index contributed by atoms with van der Waals surface area (Å²) in [5.74, 6) is 0.353. The number of aromatic nitrogens is 1. The third-order valence-corrected chi connectivity index (χ3v) is 5.33. The summed E-state index contributed by atoms with van der Waals surface area (Å²) < 4.78 is 0. The van der Waals surface area contributed by atoms with Crippen LogP contribution in [-0.2, 0) is 11.2 Å². The van der Waals surface area contributed by atoms with Crippen LogP contribution in [-0.4, -0.2) is 34.3 Å². The fourth-order valence-corrected chi connectivity index (χ4v) is 3.74. The summed E-state index contributed by atoms with van der Waals surface area (Å²) in [5.41, 5.74) is 2.87. The van der Waals surface area contributed by atoms with Crippen molar-refractivity contribution in [3.63, 3.8) is 0 Å². The molecular formula is C25H31N3O4. The Morgan fingerprint density at radius 1 is 1.06 bits per heavy atom. The Balaban J connectivity index is 1.55. The third kappa shape index (κ3) is 6.18. The highest BCUT2D eigenvalue weighted by Gasteiger charge is 2.15. The van der Waals surface area contributed by atoms with Gasteiger partial charge in [-0.05, 0) is 60.7 Å². The number of pyridine rings is 1. The van der Waals surface area contributed by atoms with E-state index in [0.29, 0.717) is 29.8 Å². The molecule has 1 heterocycles. The van der Waals surface area contributed by atoms with Crippen molar-refractivity contribution in [3.05, 3.63) is 70.0 Å². The van der Waals surface area contributed by atoms with Crippen molar-refractivity contribution in [3.8, 4) is 5.75 Å². The minimum atomic E-state index is -0.317. The summed E-state index contributed by atoms with van der Waals surface area (Å²) in [6, 6.07) is 13.9. The lowest BCUT2D eigenvalue weighted by atomic mass is 10.0. The van der Waals surface area contributed by atoms with Gasteiger partial charge in [-0.3, -0.25) is 9.59 Å². The Labute approximate surface area is 187 Å². The van der Waals surface area contributed by atoms with Crippen molar-refractivity contribution in [2.75, 3.05) is 18.5 Å². The van der Waals surface area contributed by atoms with E-state index in [4.69, 9.17) is 0 Å². The van der Waals surface area contributed by atoms with Crippen LogP contribution in [0.2, 0.25) is 0 Å². The van der Waals surface area contributed by atoms with Crippen LogP contribution >= 0.6 is 0 Å². The van der Waals surface area contributed by atoms with Crippen molar-refractivity contribution in [1.82, 2.24) is 10.3 Å². The van der Waals surface area contributed by atoms with Crippen LogP contribution < -0.4 is 16.2 Å². The number of hydrogen-bond donors (Lipinski definition) is 5. The molecule has 0 aliphatic heterocycles. The van der Waals surface area contributed by atoms with Gasteiger partial charge in [0.15, 0.2) is 0 Å². The number of phenols is 1. The number of nitrogens with one attached hydrogen (secondary N) is 3. The predicted molar refractivity (Wildman–Crippen MR) is 127 cm³/mol. The zero-order chi connectivity index (χ0) is 23.1. The molecule has 0 spiro atoms. The molecular weight excluding hydrogens is 406 g/mol. The van der Waals surface area contributed by atoms with E-state index in [-0.39, 0.29) is 29.9 Å². The molecule has 1 amide bonds. The van der Waals surface area contributed by atoms with Crippen LogP contribution in [0.5, 0.6) is 5.75 Å². The molecule has 0 saturated carbocycles. The standard InChI is InChI=1S/C25H31N3O4/c1-16(2)14-24(32)27-18-7-5-17(6-8-18)4-3-13-26-21(15-29)19-9-11-22(30)25-20(19)10-12-23(31)28-25/h5-12,16,21,26,29-30H,3-4,13-15H2,1-2H3,(H,27,32)(H,28,31). The monoisotopic (exact) mass is 437 g/mol. The maximum Gasteiger partial charge on any atom is 0.248 e. The minimum Gasteiger partial charge on any atom is -0.506 e. The molecule has 5 N–H and O–H groups in total. The lowest BCUT2D eigenvalue weighted by Crippen LogP contribution is -2.26. The number of hydrogen-bond acceptors (Lipinski definition) is 5. The van der Waals surface area contributed by atoms with Gasteiger partial charge >= 0.3 is 0 Å². The molecule has 0 aliphatic carbocycles. The smallest absolute Gasteiger partial charge is 0.248 e. The van der Waals surface area contributed by atoms with Gasteiger partial charge in [-0.25, -0.2) is 0 Å². The van der Waals surface area contributed by atoms with E-state index in [1.54, 1.807) is 12.1 Å². The molecule has 1 atom stereocenters. The number of aliphatic hydroxyl groups excluding tert-OH is 1. The number of aliphatic hydroxyl groups is 1. The van der Waals surface area contributed by atoms with Crippen LogP contribution in [0.1, 0.15) is 43.9 Å². The summed E-state index contributed by atoms with van der Waals surface area (Å²) in [7, 11) is 0. The van der Waals surface area contributed by atoms with Crippen molar-refractivity contribution in [2.24, 2.45) is 5.92 Å². The zero-order valence-corrected chi connectivity index (χ0v) is 18.5. The van der Waals surface area contributed by atoms with Gasteiger partial charge < -0.3 is 25.8 Å². The number of amides is 1. The van der Waals surface area contributed by atoms with Crippen molar-refractivity contribution in [1.29, 1.82) is 0 Å². The van der Waals surface area contributed by atoms with Gasteiger partial charge in [-0.15, -0.1) is 0 Å². The van der Waals surface area contributed by atoms with Crippen molar-refractivity contribution in [2.45, 2.75) is 39.2 Å². The van der Waals surface area contributed by atoms with Crippen LogP contribution in [0.25, 0.3) is 10.9 Å². The molecule has 1 aromatic heterocycles. The van der Waals surface area contributed by atoms with E-state index in [1.165, 1.54) is 17.7 Å². The third-order valence-electron chi connectivity index (χ3n) is 5.33. The van der Waals surface area contributed by atoms with Gasteiger partial charge in [-0.1, -0.05) is 32.0 Å². The molecule has 0 aliphatic rings. The van der Waals surface area contributed by atoms with Gasteiger partial charge in [0.05, 0.1) is 18.2 Å². The van der Waals surface area contributed by atoms with Crippen LogP contribution in [0.4, 0.5) is 5.69 Å². The molecule has 170 valence electrons. The molecule has 0 fully saturated rings. The molecule has 0 bridgehead atoms. The summed E-state index contributed by atoms with van der Waals surface area (Å²) in [6.45, 7) is 4.61. The van der Waals surface area contributed by atoms with Gasteiger partial charge in [0, 0.05) is 23.6 Å². The number of phenolic OH excluding ortho intramolecular Hbond substituents is 1. The van der Waals surface area contributed by atoms with E-state index in [9.17, 15) is 19.8 Å². The van der Waals surface area contributed by atoms with Crippen LogP contribution in [0, 0.1) is 5.92 Å². The van der Waals surface area contributed by atoms with E-state index in [0.717, 1.165) is 24.1 Å². The summed E-state index contributed by atoms with van der Waals surface area (Å²) >= 11 is 0. The number of aryl methyl sites for hydroxylation is 1. The van der Waals surface area contributed by atoms with Crippen LogP contribution in [0.3, 0.4) is 0 Å². The molecule has 7 nitrogen and oxygen atoms in total. The van der Waals surface area contributed by atoms with E-state index < -0.39 is 0 Å². The molecule has 0 saturated heterocycles. The van der Waals surface area contributed by atoms with Crippen LogP contribution in [0.15, 0.2) is 53.3 Å². The second-order valence-corrected chi connectivity index (χ2v) is 8.42. The highest BCUT2D eigenvalue weighted by molar-refractivity contribution is 5.90. The first-order valence-corrected chi connectivity index (χ1v) is 11.0. The average molecular weight is 438 g/mol. The number of carbonyl (C=O) groups is 1. The lowest BCUT2D eigenvalue weighted by molar-refractivity contribution is -0.116. The number of H-pyrrole nitrogens is 1. The number of carbonyl (C=O) groups excluding carboxylic acids is 1. The van der Waals surface area contributed by atoms with Crippen molar-refractivity contribution >= 4 is 22.5 Å². The molecule has 2 aromatic carbocycles. The maximum absolute atomic E-state index is 11.9. The number of anilines is 1. The molecule has 0 radical (unpaired) electrons. The second kappa shape index (κ2) is 10.9. The fourth-order valence-electron chi connectivity index (χ4n) is 3.74. The molecule has 32 heavy (non-hydrogen) atoms. The first-order chi connectivity index (χ1) is 15.4. The number of benzene rings is 2. The normalized spacial score (nSPS) is 12.2. The molecule has 7 heteroatoms.